The van der Waals surface area contributed by atoms with E-state index in [1.807, 2.05) is 84.9 Å². The Bertz CT molecular complexity index is 1100. The molecule has 0 saturated carbocycles. The Hall–Kier alpha value is -3.44. The van der Waals surface area contributed by atoms with Crippen molar-refractivity contribution in [3.8, 4) is 11.8 Å². The second-order valence-electron chi connectivity index (χ2n) is 6.70. The van der Waals surface area contributed by atoms with Crippen LogP contribution in [0, 0.1) is 11.8 Å². The van der Waals surface area contributed by atoms with Gasteiger partial charge in [0.15, 0.2) is 0 Å². The molecular formula is C28H22FeO2-6. The van der Waals surface area contributed by atoms with Crippen molar-refractivity contribution in [1.82, 2.24) is 0 Å². The SMILES string of the molecule is O=C(C#Cc1ccccc1)[c-]1cccc1.O=C(CCc1ccccc1)[c-]1[cH-][cH-][cH-][cH-]1.[Fe]. The third-order valence-corrected chi connectivity index (χ3v) is 4.49. The summed E-state index contributed by atoms with van der Waals surface area (Å²) in [7, 11) is 0. The molecular weight excluding hydrogens is 424 g/mol. The second-order valence-corrected chi connectivity index (χ2v) is 6.70. The number of hydrogen-bond acceptors (Lipinski definition) is 2. The van der Waals surface area contributed by atoms with Crippen LogP contribution in [-0.4, -0.2) is 11.6 Å². The van der Waals surface area contributed by atoms with Gasteiger partial charge in [0, 0.05) is 22.6 Å². The van der Waals surface area contributed by atoms with Crippen LogP contribution in [0.3, 0.4) is 0 Å². The van der Waals surface area contributed by atoms with E-state index >= 15 is 0 Å². The van der Waals surface area contributed by atoms with Crippen molar-refractivity contribution >= 4 is 11.6 Å². The van der Waals surface area contributed by atoms with E-state index in [1.54, 1.807) is 12.1 Å². The summed E-state index contributed by atoms with van der Waals surface area (Å²) in [5.41, 5.74) is 3.55. The van der Waals surface area contributed by atoms with Crippen molar-refractivity contribution in [2.75, 3.05) is 0 Å². The van der Waals surface area contributed by atoms with Crippen molar-refractivity contribution in [3.05, 3.63) is 131 Å². The van der Waals surface area contributed by atoms with Crippen LogP contribution in [0.2, 0.25) is 0 Å². The van der Waals surface area contributed by atoms with E-state index in [-0.39, 0.29) is 28.6 Å². The quantitative estimate of drug-likeness (QED) is 0.167. The monoisotopic (exact) mass is 446 g/mol. The van der Waals surface area contributed by atoms with Gasteiger partial charge in [-0.25, -0.2) is 0 Å². The Morgan fingerprint density at radius 2 is 1.39 bits per heavy atom. The summed E-state index contributed by atoms with van der Waals surface area (Å²) in [4.78, 5) is 23.2. The largest absolute Gasteiger partial charge is 0.718 e. The normalized spacial score (nSPS) is 9.29. The Morgan fingerprint density at radius 1 is 0.806 bits per heavy atom. The van der Waals surface area contributed by atoms with Crippen molar-refractivity contribution < 1.29 is 26.7 Å². The summed E-state index contributed by atoms with van der Waals surface area (Å²) < 4.78 is 0. The van der Waals surface area contributed by atoms with Crippen molar-refractivity contribution in [1.29, 1.82) is 0 Å². The summed E-state index contributed by atoms with van der Waals surface area (Å²) in [6, 6.07) is 34.3. The van der Waals surface area contributed by atoms with Gasteiger partial charge in [0.1, 0.15) is 5.78 Å². The van der Waals surface area contributed by atoms with Crippen LogP contribution in [0.1, 0.15) is 38.3 Å². The molecule has 2 nitrogen and oxygen atoms in total. The molecule has 0 spiro atoms. The van der Waals surface area contributed by atoms with Crippen LogP contribution in [-0.2, 0) is 23.5 Å². The first-order chi connectivity index (χ1) is 14.7. The minimum Gasteiger partial charge on any atom is -0.718 e. The summed E-state index contributed by atoms with van der Waals surface area (Å²) in [5, 5.41) is 0. The zero-order chi connectivity index (χ0) is 21.0. The molecule has 0 atom stereocenters. The third-order valence-electron chi connectivity index (χ3n) is 4.49. The Labute approximate surface area is 194 Å². The molecule has 3 heteroatoms. The predicted octanol–water partition coefficient (Wildman–Crippen LogP) is 5.86. The van der Waals surface area contributed by atoms with Gasteiger partial charge in [-0.3, -0.25) is 5.78 Å². The first-order valence-corrected chi connectivity index (χ1v) is 9.84. The molecule has 0 saturated heterocycles. The van der Waals surface area contributed by atoms with Gasteiger partial charge in [0.05, 0.1) is 0 Å². The number of ketones is 2. The van der Waals surface area contributed by atoms with Gasteiger partial charge in [-0.1, -0.05) is 54.1 Å². The number of benzene rings is 2. The molecule has 0 aliphatic carbocycles. The number of aryl methyl sites for hydroxylation is 1. The van der Waals surface area contributed by atoms with Crippen LogP contribution in [0.15, 0.2) is 109 Å². The average molecular weight is 446 g/mol. The van der Waals surface area contributed by atoms with E-state index in [0.717, 1.165) is 17.5 Å². The first-order valence-electron chi connectivity index (χ1n) is 9.84. The van der Waals surface area contributed by atoms with Gasteiger partial charge in [0.2, 0.25) is 0 Å². The van der Waals surface area contributed by atoms with Crippen LogP contribution >= 0.6 is 0 Å². The molecule has 0 aliphatic heterocycles. The fourth-order valence-corrected chi connectivity index (χ4v) is 2.85. The van der Waals surface area contributed by atoms with Gasteiger partial charge in [-0.05, 0) is 24.1 Å². The predicted molar refractivity (Wildman–Crippen MR) is 121 cm³/mol. The molecule has 4 rings (SSSR count). The Morgan fingerprint density at radius 3 is 2.00 bits per heavy atom. The van der Waals surface area contributed by atoms with Gasteiger partial charge in [-0.15, -0.1) is 30.4 Å². The minimum absolute atomic E-state index is 0. The van der Waals surface area contributed by atoms with E-state index < -0.39 is 0 Å². The van der Waals surface area contributed by atoms with Gasteiger partial charge in [-0.2, -0.15) is 12.1 Å². The van der Waals surface area contributed by atoms with Crippen molar-refractivity contribution in [2.24, 2.45) is 0 Å². The van der Waals surface area contributed by atoms with E-state index in [9.17, 15) is 9.59 Å². The van der Waals surface area contributed by atoms with Crippen LogP contribution in [0.25, 0.3) is 0 Å². The number of hydrogen-bond donors (Lipinski definition) is 0. The fraction of sp³-hybridized carbons (Fsp3) is 0.0714. The molecule has 4 aromatic carbocycles. The van der Waals surface area contributed by atoms with E-state index in [0.29, 0.717) is 12.0 Å². The number of carbonyl (C=O) groups is 2. The molecule has 0 fully saturated rings. The van der Waals surface area contributed by atoms with Gasteiger partial charge >= 0.3 is 0 Å². The number of Topliss-reactive ketones (excluding diaryl/α,β-unsaturated/α-hetero) is 2. The van der Waals surface area contributed by atoms with E-state index in [2.05, 4.69) is 24.0 Å². The Kier molecular flexibility index (Phi) is 9.98. The second kappa shape index (κ2) is 13.0. The molecule has 0 aliphatic rings. The molecule has 31 heavy (non-hydrogen) atoms. The average Bonchev–Trinajstić information content (AvgIpc) is 3.52. The maximum absolute atomic E-state index is 11.7. The standard InChI is InChI=1S/C14H13O.C14H9O.Fe/c2*15-14(13-8-4-5-9-13)11-10-12-6-2-1-3-7-12;/h1-9H,10-11H2;1-9H;/q-5;-1;. The molecule has 0 heterocycles. The van der Waals surface area contributed by atoms with Gasteiger partial charge in [0.25, 0.3) is 0 Å². The van der Waals surface area contributed by atoms with E-state index in [4.69, 9.17) is 0 Å². The van der Waals surface area contributed by atoms with E-state index in [1.165, 1.54) is 5.56 Å². The smallest absolute Gasteiger partial charge is 0.146 e. The summed E-state index contributed by atoms with van der Waals surface area (Å²) in [6.07, 6.45) is 1.42. The molecule has 0 unspecified atom stereocenters. The summed E-state index contributed by atoms with van der Waals surface area (Å²) in [6.45, 7) is 0. The molecule has 0 N–H and O–H groups in total. The van der Waals surface area contributed by atoms with Crippen LogP contribution < -0.4 is 0 Å². The summed E-state index contributed by atoms with van der Waals surface area (Å²) >= 11 is 0. The van der Waals surface area contributed by atoms with Crippen LogP contribution in [0.5, 0.6) is 0 Å². The topological polar surface area (TPSA) is 34.1 Å². The zero-order valence-electron chi connectivity index (χ0n) is 17.0. The number of rotatable bonds is 5. The molecule has 4 aromatic rings. The zero-order valence-corrected chi connectivity index (χ0v) is 18.1. The van der Waals surface area contributed by atoms with Crippen molar-refractivity contribution in [2.45, 2.75) is 12.8 Å². The summed E-state index contributed by atoms with van der Waals surface area (Å²) in [5.74, 6) is 5.54. The molecule has 0 bridgehead atoms. The molecule has 0 radical (unpaired) electrons. The third kappa shape index (κ3) is 8.07. The number of carbonyl (C=O) groups excluding carboxylic acids is 2. The van der Waals surface area contributed by atoms with Crippen LogP contribution in [0.4, 0.5) is 0 Å². The molecule has 0 aromatic heterocycles. The molecule has 160 valence electrons. The molecule has 0 amide bonds. The first kappa shape index (κ1) is 23.8. The van der Waals surface area contributed by atoms with Gasteiger partial charge < -0.3 is 39.4 Å². The maximum Gasteiger partial charge on any atom is 0.146 e. The maximum atomic E-state index is 11.7. The Balaban J connectivity index is 0.000000213. The fourth-order valence-electron chi connectivity index (χ4n) is 2.85. The van der Waals surface area contributed by atoms with Crippen molar-refractivity contribution in [3.63, 3.8) is 0 Å². The minimum atomic E-state index is -0.135.